The lowest BCUT2D eigenvalue weighted by Crippen LogP contribution is -2.52. The zero-order chi connectivity index (χ0) is 46.0. The largest absolute Gasteiger partial charge is 0.497 e. The van der Waals surface area contributed by atoms with Gasteiger partial charge in [-0.15, -0.1) is 0 Å². The van der Waals surface area contributed by atoms with Gasteiger partial charge in [-0.25, -0.2) is 22.4 Å². The number of amides is 4. The van der Waals surface area contributed by atoms with Crippen LogP contribution in [-0.4, -0.2) is 72.7 Å². The van der Waals surface area contributed by atoms with Crippen molar-refractivity contribution in [3.63, 3.8) is 0 Å². The Bertz CT molecular complexity index is 2800. The quantitative estimate of drug-likeness (QED) is 0.118. The number of nitrogens with zero attached hydrogens (tertiary/aromatic N) is 4. The van der Waals surface area contributed by atoms with E-state index < -0.39 is 83.2 Å². The number of rotatable bonds is 15. The molecule has 13 nitrogen and oxygen atoms in total. The third kappa shape index (κ3) is 9.29. The van der Waals surface area contributed by atoms with E-state index in [0.29, 0.717) is 35.0 Å². The molecule has 64 heavy (non-hydrogen) atoms. The molecule has 0 spiro atoms. The Balaban J connectivity index is 1.17. The van der Waals surface area contributed by atoms with Crippen LogP contribution in [0.1, 0.15) is 23.5 Å². The molecule has 4 amide bonds. The van der Waals surface area contributed by atoms with E-state index in [1.807, 2.05) is 0 Å². The third-order valence-electron chi connectivity index (χ3n) is 11.1. The van der Waals surface area contributed by atoms with Crippen molar-refractivity contribution in [2.45, 2.75) is 43.4 Å². The van der Waals surface area contributed by atoms with Crippen LogP contribution in [0.3, 0.4) is 0 Å². The van der Waals surface area contributed by atoms with E-state index >= 15 is 0 Å². The van der Waals surface area contributed by atoms with E-state index in [4.69, 9.17) is 21.1 Å². The van der Waals surface area contributed by atoms with Crippen LogP contribution in [0.25, 0.3) is 11.0 Å². The number of fused-ring (bicyclic) bond motifs is 1. The maximum Gasteiger partial charge on any atom is 0.330 e. The number of carbonyl (C=O) groups excluding carboxylic acids is 4. The predicted octanol–water partition coefficient (Wildman–Crippen LogP) is 6.13. The number of nitrogens with one attached hydrogen (secondary N) is 2. The Hall–Kier alpha value is -7.14. The van der Waals surface area contributed by atoms with Crippen molar-refractivity contribution in [2.24, 2.45) is 0 Å². The second kappa shape index (κ2) is 18.3. The van der Waals surface area contributed by atoms with E-state index in [-0.39, 0.29) is 40.0 Å². The monoisotopic (exact) mass is 900 g/mol. The fourth-order valence-corrected chi connectivity index (χ4v) is 8.14. The second-order valence-electron chi connectivity index (χ2n) is 15.3. The van der Waals surface area contributed by atoms with Crippen LogP contribution in [-0.2, 0) is 38.7 Å². The molecule has 1 aliphatic rings. The molecule has 0 bridgehead atoms. The van der Waals surface area contributed by atoms with Crippen molar-refractivity contribution in [2.75, 3.05) is 38.1 Å². The Morgan fingerprint density at radius 2 is 1.28 bits per heavy atom. The highest BCUT2D eigenvalue weighted by atomic mass is 35.5. The smallest absolute Gasteiger partial charge is 0.330 e. The molecule has 1 aliphatic carbocycles. The van der Waals surface area contributed by atoms with Gasteiger partial charge >= 0.3 is 5.69 Å². The van der Waals surface area contributed by atoms with Gasteiger partial charge in [-0.3, -0.25) is 28.3 Å². The zero-order valence-corrected chi connectivity index (χ0v) is 35.6. The van der Waals surface area contributed by atoms with Crippen LogP contribution in [0.15, 0.2) is 108 Å². The second-order valence-corrected chi connectivity index (χ2v) is 15.7. The van der Waals surface area contributed by atoms with E-state index in [9.17, 15) is 41.5 Å². The fraction of sp³-hybridized carbons (Fsp3) is 0.239. The average Bonchev–Trinajstić information content (AvgIpc) is 3.93. The van der Waals surface area contributed by atoms with Crippen LogP contribution < -0.4 is 35.6 Å². The van der Waals surface area contributed by atoms with Crippen LogP contribution >= 0.6 is 11.6 Å². The first-order valence-electron chi connectivity index (χ1n) is 19.7. The van der Waals surface area contributed by atoms with Crippen molar-refractivity contribution in [3.8, 4) is 11.5 Å². The Morgan fingerprint density at radius 3 is 1.84 bits per heavy atom. The Labute approximate surface area is 368 Å². The molecule has 18 heteroatoms. The lowest BCUT2D eigenvalue weighted by Gasteiger charge is -2.26. The number of anilines is 2. The average molecular weight is 901 g/mol. The van der Waals surface area contributed by atoms with Crippen LogP contribution in [0.4, 0.5) is 28.9 Å². The number of aromatic nitrogens is 2. The highest BCUT2D eigenvalue weighted by molar-refractivity contribution is 6.35. The molecule has 1 saturated carbocycles. The number of hydrogen-bond acceptors (Lipinski definition) is 7. The third-order valence-corrected chi connectivity index (χ3v) is 11.4. The first-order valence-corrected chi connectivity index (χ1v) is 20.1. The minimum absolute atomic E-state index is 0.0283. The number of benzene rings is 5. The molecule has 1 aromatic heterocycles. The van der Waals surface area contributed by atoms with Gasteiger partial charge in [-0.05, 0) is 102 Å². The summed E-state index contributed by atoms with van der Waals surface area (Å²) in [6.45, 7) is -1.40. The number of ether oxygens (including phenoxy) is 2. The fourth-order valence-electron chi connectivity index (χ4n) is 7.87. The number of carbonyl (C=O) groups is 4. The summed E-state index contributed by atoms with van der Waals surface area (Å²) in [5.41, 5.74) is -1.31. The molecule has 2 N–H and O–H groups in total. The SMILES string of the molecule is COc1ccc(N(C)C(=O)[C@H](Cc2cc(F)cc(F)c2)NC(=O)Cn2c(=O)n(CC(=O)N[C@@]3(C(=O)N(C)c4ccc(OC)cc4)CC3c3cc(F)cc(F)c3)c3cccc(Cl)c32)cc1. The first kappa shape index (κ1) is 44.9. The highest BCUT2D eigenvalue weighted by Gasteiger charge is 2.63. The van der Waals surface area contributed by atoms with Crippen molar-refractivity contribution in [1.29, 1.82) is 0 Å². The minimum Gasteiger partial charge on any atom is -0.497 e. The normalized spacial score (nSPS) is 15.9. The van der Waals surface area contributed by atoms with Gasteiger partial charge in [-0.2, -0.15) is 0 Å². The summed E-state index contributed by atoms with van der Waals surface area (Å²) in [6, 6.07) is 21.6. The Morgan fingerprint density at radius 1 is 0.750 bits per heavy atom. The zero-order valence-electron chi connectivity index (χ0n) is 34.8. The van der Waals surface area contributed by atoms with Crippen LogP contribution in [0.2, 0.25) is 5.02 Å². The number of hydrogen-bond donors (Lipinski definition) is 2. The van der Waals surface area contributed by atoms with Crippen molar-refractivity contribution in [1.82, 2.24) is 19.8 Å². The van der Waals surface area contributed by atoms with Gasteiger partial charge in [0.25, 0.3) is 5.91 Å². The van der Waals surface area contributed by atoms with Crippen molar-refractivity contribution < 1.29 is 46.2 Å². The maximum atomic E-state index is 14.4. The van der Waals surface area contributed by atoms with E-state index in [2.05, 4.69) is 10.6 Å². The summed E-state index contributed by atoms with van der Waals surface area (Å²) < 4.78 is 69.9. The summed E-state index contributed by atoms with van der Waals surface area (Å²) in [5, 5.41) is 5.39. The minimum atomic E-state index is -1.68. The number of imidazole rings is 1. The lowest BCUT2D eigenvalue weighted by molar-refractivity contribution is -0.128. The van der Waals surface area contributed by atoms with Crippen molar-refractivity contribution in [3.05, 3.63) is 153 Å². The number of likely N-dealkylation sites (N-methyl/N-ethyl adjacent to an activating group) is 2. The van der Waals surface area contributed by atoms with Gasteiger partial charge in [0.1, 0.15) is 59.4 Å². The summed E-state index contributed by atoms with van der Waals surface area (Å²) in [5.74, 6) is -6.28. The molecule has 0 saturated heterocycles. The first-order chi connectivity index (χ1) is 30.5. The molecule has 332 valence electrons. The maximum absolute atomic E-state index is 14.4. The molecule has 0 aliphatic heterocycles. The topological polar surface area (TPSA) is 144 Å². The van der Waals surface area contributed by atoms with Gasteiger partial charge in [-0.1, -0.05) is 17.7 Å². The van der Waals surface area contributed by atoms with E-state index in [1.165, 1.54) is 56.3 Å². The number of para-hydroxylation sites is 1. The molecular formula is C46H41ClF4N6O7. The molecule has 1 fully saturated rings. The molecule has 1 unspecified atom stereocenters. The number of halogens is 5. The summed E-state index contributed by atoms with van der Waals surface area (Å²) in [4.78, 5) is 73.0. The summed E-state index contributed by atoms with van der Waals surface area (Å²) >= 11 is 6.61. The molecule has 5 aromatic carbocycles. The van der Waals surface area contributed by atoms with Crippen LogP contribution in [0.5, 0.6) is 11.5 Å². The predicted molar refractivity (Wildman–Crippen MR) is 231 cm³/mol. The van der Waals surface area contributed by atoms with Gasteiger partial charge in [0.05, 0.1) is 30.3 Å². The molecule has 7 rings (SSSR count). The lowest BCUT2D eigenvalue weighted by atomic mass is 10.0. The summed E-state index contributed by atoms with van der Waals surface area (Å²) in [6.07, 6.45) is -0.367. The molecule has 6 aromatic rings. The van der Waals surface area contributed by atoms with Gasteiger partial charge < -0.3 is 29.9 Å². The molecule has 1 heterocycles. The van der Waals surface area contributed by atoms with Crippen molar-refractivity contribution >= 4 is 57.6 Å². The Kier molecular flexibility index (Phi) is 12.8. The van der Waals surface area contributed by atoms with Crippen LogP contribution in [0, 0.1) is 23.3 Å². The molecular weight excluding hydrogens is 860 g/mol. The number of methoxy groups -OCH3 is 2. The molecule has 3 atom stereocenters. The summed E-state index contributed by atoms with van der Waals surface area (Å²) in [7, 11) is 5.89. The van der Waals surface area contributed by atoms with Gasteiger partial charge in [0.2, 0.25) is 17.7 Å². The van der Waals surface area contributed by atoms with Gasteiger partial charge in [0, 0.05) is 49.9 Å². The standard InChI is InChI=1S/C46H41ClF4N6O7/c1-54(32-8-12-34(63-3)13-9-32)43(60)38(18-26-16-28(48)21-29(49)17-26)52-40(58)24-57-42-37(47)6-5-7-39(42)56(45(57)62)25-41(59)53-46(23-36(46)27-19-30(50)22-31(51)20-27)44(61)55(2)33-10-14-35(64-4)15-11-33/h5-17,19-22,36,38H,18,23-25H2,1-4H3,(H,52,58)(H,53,59)/t36?,38-,46-/m0/s1. The molecule has 0 radical (unpaired) electrons. The van der Waals surface area contributed by atoms with Gasteiger partial charge in [0.15, 0.2) is 0 Å². The van der Waals surface area contributed by atoms with E-state index in [0.717, 1.165) is 33.4 Å². The highest BCUT2D eigenvalue weighted by Crippen LogP contribution is 2.53. The van der Waals surface area contributed by atoms with E-state index in [1.54, 1.807) is 48.5 Å².